The van der Waals surface area contributed by atoms with E-state index >= 15 is 0 Å². The van der Waals surface area contributed by atoms with Crippen LogP contribution in [0.3, 0.4) is 0 Å². The average molecular weight is 136 g/mol. The minimum atomic E-state index is 0.414. The highest BCUT2D eigenvalue weighted by atomic mass is 15.0. The first kappa shape index (κ1) is 6.67. The second-order valence-corrected chi connectivity index (χ2v) is 1.70. The van der Waals surface area contributed by atoms with Gasteiger partial charge in [-0.3, -0.25) is 9.98 Å². The van der Waals surface area contributed by atoms with Crippen LogP contribution in [0.4, 0.5) is 0 Å². The van der Waals surface area contributed by atoms with Gasteiger partial charge in [0.15, 0.2) is 0 Å². The number of aliphatic imine (C=N–C) groups is 3. The van der Waals surface area contributed by atoms with E-state index in [1.54, 1.807) is 12.6 Å². The predicted octanol–water partition coefficient (Wildman–Crippen LogP) is 0.188. The molecule has 0 amide bonds. The number of nitrogens with zero attached hydrogens (tertiary/aromatic N) is 3. The fraction of sp³-hybridized carbons (Fsp3) is 0.167. The van der Waals surface area contributed by atoms with E-state index in [-0.39, 0.29) is 0 Å². The summed E-state index contributed by atoms with van der Waals surface area (Å²) in [5.41, 5.74) is 0.706. The molecule has 1 heterocycles. The van der Waals surface area contributed by atoms with E-state index < -0.39 is 0 Å². The second kappa shape index (κ2) is 3.55. The Morgan fingerprint density at radius 2 is 2.40 bits per heavy atom. The summed E-state index contributed by atoms with van der Waals surface area (Å²) in [6.45, 7) is 4.06. The van der Waals surface area contributed by atoms with Gasteiger partial charge in [0, 0.05) is 0 Å². The van der Waals surface area contributed by atoms with Crippen LogP contribution in [-0.2, 0) is 0 Å². The summed E-state index contributed by atoms with van der Waals surface area (Å²) >= 11 is 0. The van der Waals surface area contributed by atoms with Crippen LogP contribution in [0.2, 0.25) is 0 Å². The van der Waals surface area contributed by atoms with Crippen LogP contribution < -0.4 is 5.32 Å². The fourth-order valence-corrected chi connectivity index (χ4v) is 0.461. The zero-order valence-corrected chi connectivity index (χ0v) is 5.49. The third-order valence-corrected chi connectivity index (χ3v) is 0.883. The lowest BCUT2D eigenvalue weighted by Crippen LogP contribution is -2.09. The lowest BCUT2D eigenvalue weighted by atomic mass is 10.5. The van der Waals surface area contributed by atoms with Crippen molar-refractivity contribution in [2.45, 2.75) is 0 Å². The minimum absolute atomic E-state index is 0.414. The number of rotatable bonds is 0. The summed E-state index contributed by atoms with van der Waals surface area (Å²) < 4.78 is 0. The number of hydrogen-bond acceptors (Lipinski definition) is 4. The number of hydrogen-bond donors (Lipinski definition) is 1. The largest absolute Gasteiger partial charge is 0.346 e. The molecule has 1 aliphatic heterocycles. The van der Waals surface area contributed by atoms with Gasteiger partial charge in [-0.05, 0) is 0 Å². The Morgan fingerprint density at radius 1 is 1.50 bits per heavy atom. The number of allylic oxidation sites excluding steroid dienone is 1. The van der Waals surface area contributed by atoms with Crippen molar-refractivity contribution < 1.29 is 0 Å². The molecule has 10 heavy (non-hydrogen) atoms. The van der Waals surface area contributed by atoms with Crippen molar-refractivity contribution in [3.63, 3.8) is 0 Å². The zero-order valence-electron chi connectivity index (χ0n) is 5.49. The van der Waals surface area contributed by atoms with Crippen LogP contribution in [0.5, 0.6) is 0 Å². The van der Waals surface area contributed by atoms with Crippen LogP contribution >= 0.6 is 0 Å². The zero-order chi connectivity index (χ0) is 7.23. The van der Waals surface area contributed by atoms with Gasteiger partial charge in [0.1, 0.15) is 13.0 Å². The van der Waals surface area contributed by atoms with Crippen LogP contribution in [0, 0.1) is 0 Å². The van der Waals surface area contributed by atoms with Crippen LogP contribution in [-0.4, -0.2) is 25.6 Å². The van der Waals surface area contributed by atoms with E-state index in [2.05, 4.69) is 26.9 Å². The van der Waals surface area contributed by atoms with Crippen molar-refractivity contribution >= 4 is 18.9 Å². The highest BCUT2D eigenvalue weighted by molar-refractivity contribution is 5.86. The van der Waals surface area contributed by atoms with Gasteiger partial charge in [0.2, 0.25) is 0 Å². The van der Waals surface area contributed by atoms with Crippen molar-refractivity contribution in [3.05, 3.63) is 12.3 Å². The van der Waals surface area contributed by atoms with E-state index in [0.29, 0.717) is 12.4 Å². The topological polar surface area (TPSA) is 49.1 Å². The van der Waals surface area contributed by atoms with Gasteiger partial charge in [0.25, 0.3) is 0 Å². The first-order valence-electron chi connectivity index (χ1n) is 2.85. The highest BCUT2D eigenvalue weighted by Gasteiger charge is 1.82. The molecule has 4 heteroatoms. The summed E-state index contributed by atoms with van der Waals surface area (Å²) in [5.74, 6) is 0. The van der Waals surface area contributed by atoms with Crippen molar-refractivity contribution in [1.82, 2.24) is 5.32 Å². The first-order valence-corrected chi connectivity index (χ1v) is 2.85. The van der Waals surface area contributed by atoms with E-state index in [4.69, 9.17) is 0 Å². The summed E-state index contributed by atoms with van der Waals surface area (Å²) in [6, 6.07) is 0. The lowest BCUT2D eigenvalue weighted by Gasteiger charge is -1.92. The Kier molecular flexibility index (Phi) is 2.37. The van der Waals surface area contributed by atoms with Crippen LogP contribution in [0.1, 0.15) is 0 Å². The molecule has 0 saturated heterocycles. The molecule has 0 aliphatic carbocycles. The lowest BCUT2D eigenvalue weighted by molar-refractivity contribution is 1.06. The van der Waals surface area contributed by atoms with Gasteiger partial charge >= 0.3 is 0 Å². The molecule has 52 valence electrons. The fourth-order valence-electron chi connectivity index (χ4n) is 0.461. The minimum Gasteiger partial charge on any atom is -0.346 e. The van der Waals surface area contributed by atoms with E-state index in [9.17, 15) is 0 Å². The molecule has 1 aliphatic rings. The van der Waals surface area contributed by atoms with Gasteiger partial charge in [-0.1, -0.05) is 6.58 Å². The Labute approximate surface area is 59.1 Å². The van der Waals surface area contributed by atoms with Gasteiger partial charge < -0.3 is 5.32 Å². The molecule has 1 rings (SSSR count). The third-order valence-electron chi connectivity index (χ3n) is 0.883. The maximum Gasteiger partial charge on any atom is 0.132 e. The Bertz CT molecular complexity index is 202. The summed E-state index contributed by atoms with van der Waals surface area (Å²) in [7, 11) is 0. The molecule has 0 saturated carbocycles. The molecule has 0 aromatic carbocycles. The Balaban J connectivity index is 2.62. The quantitative estimate of drug-likeness (QED) is 0.507. The van der Waals surface area contributed by atoms with Crippen LogP contribution in [0.25, 0.3) is 0 Å². The summed E-state index contributed by atoms with van der Waals surface area (Å²) in [4.78, 5) is 11.5. The van der Waals surface area contributed by atoms with Gasteiger partial charge in [-0.15, -0.1) is 0 Å². The van der Waals surface area contributed by atoms with E-state index in [1.165, 1.54) is 6.34 Å². The maximum absolute atomic E-state index is 3.87. The molecular formula is C6H8N4. The maximum atomic E-state index is 3.87. The third kappa shape index (κ3) is 2.21. The monoisotopic (exact) mass is 136 g/mol. The smallest absolute Gasteiger partial charge is 0.132 e. The molecule has 0 aromatic heterocycles. The molecule has 0 spiro atoms. The standard InChI is InChI=1S/C6H8N4/c1-6-2-7-3-8-4-9-5-10-6/h2-3,5H,1,4H2,(H,9,10). The Morgan fingerprint density at radius 3 is 3.30 bits per heavy atom. The number of nitrogens with one attached hydrogen (secondary N) is 1. The van der Waals surface area contributed by atoms with Crippen LogP contribution in [0.15, 0.2) is 27.3 Å². The van der Waals surface area contributed by atoms with E-state index in [0.717, 1.165) is 0 Å². The Hall–Kier alpha value is -1.45. The van der Waals surface area contributed by atoms with Crippen molar-refractivity contribution in [1.29, 1.82) is 0 Å². The SMILES string of the molecule is C=C1C=NC=NCN=CN1. The molecule has 1 N–H and O–H groups in total. The van der Waals surface area contributed by atoms with Crippen molar-refractivity contribution in [2.24, 2.45) is 15.0 Å². The normalized spacial score (nSPS) is 17.4. The molecule has 0 bridgehead atoms. The average Bonchev–Trinajstić information content (AvgIpc) is 2.02. The molecule has 0 atom stereocenters. The predicted molar refractivity (Wildman–Crippen MR) is 42.6 cm³/mol. The van der Waals surface area contributed by atoms with E-state index in [1.807, 2.05) is 0 Å². The highest BCUT2D eigenvalue weighted by Crippen LogP contribution is 1.79. The second-order valence-electron chi connectivity index (χ2n) is 1.70. The van der Waals surface area contributed by atoms with Crippen molar-refractivity contribution in [3.8, 4) is 0 Å². The molecule has 0 aromatic rings. The molecule has 0 fully saturated rings. The van der Waals surface area contributed by atoms with Gasteiger partial charge in [0.05, 0.1) is 18.3 Å². The first-order chi connectivity index (χ1) is 4.89. The van der Waals surface area contributed by atoms with Gasteiger partial charge in [-0.25, -0.2) is 4.99 Å². The molecule has 0 radical (unpaired) electrons. The summed E-state index contributed by atoms with van der Waals surface area (Å²) in [6.07, 6.45) is 4.59. The summed E-state index contributed by atoms with van der Waals surface area (Å²) in [5, 5.41) is 2.81. The van der Waals surface area contributed by atoms with Crippen molar-refractivity contribution in [2.75, 3.05) is 6.67 Å². The molecular weight excluding hydrogens is 128 g/mol. The molecule has 0 unspecified atom stereocenters. The van der Waals surface area contributed by atoms with Gasteiger partial charge in [-0.2, -0.15) is 0 Å². The molecule has 4 nitrogen and oxygen atoms in total.